The first-order valence-electron chi connectivity index (χ1n) is 7.49. The number of hydrogen-bond acceptors (Lipinski definition) is 4. The maximum absolute atomic E-state index is 11.6. The Morgan fingerprint density at radius 1 is 1.05 bits per heavy atom. The fourth-order valence-corrected chi connectivity index (χ4v) is 1.79. The summed E-state index contributed by atoms with van der Waals surface area (Å²) < 4.78 is 10.3. The molecule has 0 aromatic rings. The molecule has 0 saturated carbocycles. The molecule has 0 aliphatic carbocycles. The lowest BCUT2D eigenvalue weighted by Crippen LogP contribution is -2.18. The first-order valence-corrected chi connectivity index (χ1v) is 7.49. The fourth-order valence-electron chi connectivity index (χ4n) is 1.79. The van der Waals surface area contributed by atoms with E-state index in [0.29, 0.717) is 6.42 Å². The molecule has 2 unspecified atom stereocenters. The van der Waals surface area contributed by atoms with Crippen molar-refractivity contribution in [3.63, 3.8) is 0 Å². The van der Waals surface area contributed by atoms with Gasteiger partial charge in [0.2, 0.25) is 0 Å². The van der Waals surface area contributed by atoms with E-state index >= 15 is 0 Å². The van der Waals surface area contributed by atoms with Crippen LogP contribution in [0.1, 0.15) is 65.7 Å². The lowest BCUT2D eigenvalue weighted by Gasteiger charge is -2.13. The molecule has 0 aromatic carbocycles. The summed E-state index contributed by atoms with van der Waals surface area (Å²) in [5, 5.41) is 0. The van der Waals surface area contributed by atoms with Crippen LogP contribution in [0.2, 0.25) is 0 Å². The number of carbonyl (C=O) groups excluding carboxylic acids is 2. The van der Waals surface area contributed by atoms with Crippen LogP contribution in [0.25, 0.3) is 0 Å². The molecule has 0 aliphatic rings. The Kier molecular flexibility index (Phi) is 10.7. The van der Waals surface area contributed by atoms with Gasteiger partial charge in [0, 0.05) is 6.42 Å². The van der Waals surface area contributed by atoms with Crippen LogP contribution in [0.5, 0.6) is 0 Å². The van der Waals surface area contributed by atoms with Gasteiger partial charge in [-0.2, -0.15) is 0 Å². The Labute approximate surface area is 122 Å². The summed E-state index contributed by atoms with van der Waals surface area (Å²) in [7, 11) is 0. The van der Waals surface area contributed by atoms with E-state index in [4.69, 9.17) is 9.47 Å². The zero-order valence-corrected chi connectivity index (χ0v) is 13.0. The molecular formula is C16H28O4. The Hall–Kier alpha value is -1.32. The van der Waals surface area contributed by atoms with Gasteiger partial charge in [0.1, 0.15) is 6.10 Å². The van der Waals surface area contributed by atoms with Crippen molar-refractivity contribution in [1.82, 2.24) is 0 Å². The SMILES string of the molecule is C=CCC(C)OC(=O)CCC(=O)OC(C)CCCCC. The number of carbonyl (C=O) groups is 2. The summed E-state index contributed by atoms with van der Waals surface area (Å²) in [6.07, 6.45) is 6.43. The van der Waals surface area contributed by atoms with Crippen LogP contribution in [0.3, 0.4) is 0 Å². The highest BCUT2D eigenvalue weighted by Gasteiger charge is 2.14. The van der Waals surface area contributed by atoms with Crippen LogP contribution in [0.15, 0.2) is 12.7 Å². The van der Waals surface area contributed by atoms with Crippen LogP contribution >= 0.6 is 0 Å². The fraction of sp³-hybridized carbons (Fsp3) is 0.750. The van der Waals surface area contributed by atoms with E-state index in [1.54, 1.807) is 13.0 Å². The summed E-state index contributed by atoms with van der Waals surface area (Å²) in [5.74, 6) is -0.697. The lowest BCUT2D eigenvalue weighted by molar-refractivity contribution is -0.155. The predicted octanol–water partition coefficient (Wildman–Crippen LogP) is 3.79. The van der Waals surface area contributed by atoms with Crippen LogP contribution < -0.4 is 0 Å². The molecule has 4 heteroatoms. The molecule has 0 fully saturated rings. The van der Waals surface area contributed by atoms with Gasteiger partial charge in [0.05, 0.1) is 18.9 Å². The van der Waals surface area contributed by atoms with Crippen molar-refractivity contribution in [2.24, 2.45) is 0 Å². The third-order valence-electron chi connectivity index (χ3n) is 2.91. The standard InChI is InChI=1S/C16H28O4/c1-5-7-8-10-14(4)20-16(18)12-11-15(17)19-13(3)9-6-2/h6,13-14H,2,5,7-12H2,1,3-4H3. The highest BCUT2D eigenvalue weighted by atomic mass is 16.5. The smallest absolute Gasteiger partial charge is 0.306 e. The maximum Gasteiger partial charge on any atom is 0.306 e. The van der Waals surface area contributed by atoms with Gasteiger partial charge in [-0.15, -0.1) is 6.58 Å². The minimum absolute atomic E-state index is 0.0714. The minimum Gasteiger partial charge on any atom is -0.463 e. The highest BCUT2D eigenvalue weighted by Crippen LogP contribution is 2.08. The summed E-state index contributed by atoms with van der Waals surface area (Å²) in [4.78, 5) is 23.0. The van der Waals surface area contributed by atoms with Gasteiger partial charge in [-0.25, -0.2) is 0 Å². The van der Waals surface area contributed by atoms with E-state index in [2.05, 4.69) is 13.5 Å². The average molecular weight is 284 g/mol. The number of esters is 2. The minimum atomic E-state index is -0.366. The largest absolute Gasteiger partial charge is 0.463 e. The number of rotatable bonds is 11. The predicted molar refractivity (Wildman–Crippen MR) is 79.3 cm³/mol. The van der Waals surface area contributed by atoms with E-state index in [1.807, 2.05) is 6.92 Å². The molecule has 0 saturated heterocycles. The van der Waals surface area contributed by atoms with Gasteiger partial charge in [0.15, 0.2) is 0 Å². The van der Waals surface area contributed by atoms with Gasteiger partial charge in [0.25, 0.3) is 0 Å². The van der Waals surface area contributed by atoms with Gasteiger partial charge in [-0.3, -0.25) is 9.59 Å². The summed E-state index contributed by atoms with van der Waals surface area (Å²) >= 11 is 0. The molecule has 2 atom stereocenters. The quantitative estimate of drug-likeness (QED) is 0.329. The van der Waals surface area contributed by atoms with Crippen LogP contribution in [0, 0.1) is 0 Å². The Morgan fingerprint density at radius 3 is 2.10 bits per heavy atom. The Balaban J connectivity index is 3.75. The second-order valence-electron chi connectivity index (χ2n) is 5.12. The first kappa shape index (κ1) is 18.7. The molecule has 0 rings (SSSR count). The molecule has 116 valence electrons. The molecule has 20 heavy (non-hydrogen) atoms. The number of unbranched alkanes of at least 4 members (excludes halogenated alkanes) is 2. The third-order valence-corrected chi connectivity index (χ3v) is 2.91. The van der Waals surface area contributed by atoms with Crippen molar-refractivity contribution in [3.8, 4) is 0 Å². The monoisotopic (exact) mass is 284 g/mol. The van der Waals surface area contributed by atoms with Gasteiger partial charge in [-0.05, 0) is 26.7 Å². The van der Waals surface area contributed by atoms with E-state index in [9.17, 15) is 9.59 Å². The molecular weight excluding hydrogens is 256 g/mol. The van der Waals surface area contributed by atoms with Crippen LogP contribution in [-0.2, 0) is 19.1 Å². The Morgan fingerprint density at radius 2 is 1.60 bits per heavy atom. The summed E-state index contributed by atoms with van der Waals surface area (Å²) in [6, 6.07) is 0. The van der Waals surface area contributed by atoms with Crippen molar-refractivity contribution in [3.05, 3.63) is 12.7 Å². The maximum atomic E-state index is 11.6. The van der Waals surface area contributed by atoms with Crippen LogP contribution in [-0.4, -0.2) is 24.1 Å². The molecule has 0 aromatic heterocycles. The first-order chi connectivity index (χ1) is 9.49. The highest BCUT2D eigenvalue weighted by molar-refractivity contribution is 5.77. The zero-order chi connectivity index (χ0) is 15.4. The number of hydrogen-bond donors (Lipinski definition) is 0. The van der Waals surface area contributed by atoms with E-state index in [-0.39, 0.29) is 37.0 Å². The molecule has 0 spiro atoms. The van der Waals surface area contributed by atoms with Crippen molar-refractivity contribution in [1.29, 1.82) is 0 Å². The summed E-state index contributed by atoms with van der Waals surface area (Å²) in [6.45, 7) is 9.40. The molecule has 0 heterocycles. The molecule has 0 amide bonds. The molecule has 0 radical (unpaired) electrons. The van der Waals surface area contributed by atoms with E-state index in [0.717, 1.165) is 25.7 Å². The van der Waals surface area contributed by atoms with E-state index in [1.165, 1.54) is 0 Å². The second kappa shape index (κ2) is 11.5. The van der Waals surface area contributed by atoms with Gasteiger partial charge >= 0.3 is 11.9 Å². The lowest BCUT2D eigenvalue weighted by atomic mass is 10.1. The average Bonchev–Trinajstić information content (AvgIpc) is 2.37. The summed E-state index contributed by atoms with van der Waals surface area (Å²) in [5.41, 5.74) is 0. The van der Waals surface area contributed by atoms with Crippen molar-refractivity contribution in [2.45, 2.75) is 77.9 Å². The normalized spacial score (nSPS) is 13.3. The molecule has 0 N–H and O–H groups in total. The third kappa shape index (κ3) is 10.6. The van der Waals surface area contributed by atoms with Crippen LogP contribution in [0.4, 0.5) is 0 Å². The van der Waals surface area contributed by atoms with Crippen molar-refractivity contribution in [2.75, 3.05) is 0 Å². The zero-order valence-electron chi connectivity index (χ0n) is 13.0. The van der Waals surface area contributed by atoms with E-state index < -0.39 is 0 Å². The van der Waals surface area contributed by atoms with Crippen molar-refractivity contribution >= 4 is 11.9 Å². The molecule has 4 nitrogen and oxygen atoms in total. The Bertz CT molecular complexity index is 299. The van der Waals surface area contributed by atoms with Gasteiger partial charge in [-0.1, -0.05) is 25.8 Å². The topological polar surface area (TPSA) is 52.6 Å². The molecule has 0 bridgehead atoms. The van der Waals surface area contributed by atoms with Gasteiger partial charge < -0.3 is 9.47 Å². The number of ether oxygens (including phenoxy) is 2. The molecule has 0 aliphatic heterocycles. The van der Waals surface area contributed by atoms with Crippen molar-refractivity contribution < 1.29 is 19.1 Å². The second-order valence-corrected chi connectivity index (χ2v) is 5.12.